The van der Waals surface area contributed by atoms with E-state index >= 15 is 0 Å². The summed E-state index contributed by atoms with van der Waals surface area (Å²) in [5.74, 6) is 2.48. The molecule has 1 aromatic carbocycles. The van der Waals surface area contributed by atoms with Gasteiger partial charge in [-0.15, -0.1) is 0 Å². The quantitative estimate of drug-likeness (QED) is 0.832. The van der Waals surface area contributed by atoms with Gasteiger partial charge < -0.3 is 10.3 Å². The second-order valence-corrected chi connectivity index (χ2v) is 5.26. The van der Waals surface area contributed by atoms with E-state index in [-0.39, 0.29) is 0 Å². The fourth-order valence-electron chi connectivity index (χ4n) is 2.70. The lowest BCUT2D eigenvalue weighted by Crippen LogP contribution is -2.15. The molecule has 1 aliphatic rings. The van der Waals surface area contributed by atoms with Crippen LogP contribution in [-0.4, -0.2) is 9.55 Å². The van der Waals surface area contributed by atoms with E-state index in [0.29, 0.717) is 5.92 Å². The van der Waals surface area contributed by atoms with Crippen LogP contribution in [0, 0.1) is 6.92 Å². The Hall–Kier alpha value is -1.77. The van der Waals surface area contributed by atoms with Gasteiger partial charge in [-0.3, -0.25) is 0 Å². The SMILES string of the molecule is Cc1ccc(-c2nc3n(c2N)CCCC3C)cc1. The zero-order valence-corrected chi connectivity index (χ0v) is 11.0. The van der Waals surface area contributed by atoms with Crippen LogP contribution in [0.3, 0.4) is 0 Å². The van der Waals surface area contributed by atoms with Crippen LogP contribution in [0.5, 0.6) is 0 Å². The fraction of sp³-hybridized carbons (Fsp3) is 0.400. The van der Waals surface area contributed by atoms with Crippen molar-refractivity contribution in [1.82, 2.24) is 9.55 Å². The van der Waals surface area contributed by atoms with Crippen LogP contribution in [-0.2, 0) is 6.54 Å². The van der Waals surface area contributed by atoms with Gasteiger partial charge in [-0.25, -0.2) is 4.98 Å². The Kier molecular flexibility index (Phi) is 2.62. The maximum absolute atomic E-state index is 6.26. The van der Waals surface area contributed by atoms with Gasteiger partial charge in [-0.05, 0) is 19.8 Å². The zero-order valence-electron chi connectivity index (χ0n) is 11.0. The minimum atomic E-state index is 0.514. The molecular weight excluding hydrogens is 222 g/mol. The van der Waals surface area contributed by atoms with E-state index in [9.17, 15) is 0 Å². The zero-order chi connectivity index (χ0) is 12.7. The van der Waals surface area contributed by atoms with E-state index in [1.54, 1.807) is 0 Å². The van der Waals surface area contributed by atoms with Crippen molar-refractivity contribution in [3.63, 3.8) is 0 Å². The molecule has 0 bridgehead atoms. The number of rotatable bonds is 1. The summed E-state index contributed by atoms with van der Waals surface area (Å²) in [4.78, 5) is 4.77. The molecule has 0 radical (unpaired) electrons. The highest BCUT2D eigenvalue weighted by Gasteiger charge is 2.23. The van der Waals surface area contributed by atoms with Crippen LogP contribution in [0.1, 0.15) is 37.1 Å². The number of aryl methyl sites for hydroxylation is 1. The van der Waals surface area contributed by atoms with Crippen molar-refractivity contribution in [2.45, 2.75) is 39.2 Å². The van der Waals surface area contributed by atoms with E-state index < -0.39 is 0 Å². The van der Waals surface area contributed by atoms with Crippen LogP contribution < -0.4 is 5.73 Å². The first-order chi connectivity index (χ1) is 8.66. The Morgan fingerprint density at radius 3 is 2.67 bits per heavy atom. The lowest BCUT2D eigenvalue weighted by atomic mass is 10.0. The molecule has 1 unspecified atom stereocenters. The molecule has 94 valence electrons. The van der Waals surface area contributed by atoms with Gasteiger partial charge in [0, 0.05) is 18.0 Å². The average molecular weight is 241 g/mol. The molecule has 1 atom stereocenters. The molecule has 2 N–H and O–H groups in total. The second-order valence-electron chi connectivity index (χ2n) is 5.26. The predicted octanol–water partition coefficient (Wildman–Crippen LogP) is 3.34. The van der Waals surface area contributed by atoms with Gasteiger partial charge in [-0.2, -0.15) is 0 Å². The molecule has 1 aromatic heterocycles. The molecule has 0 fully saturated rings. The lowest BCUT2D eigenvalue weighted by molar-refractivity contribution is 0.467. The van der Waals surface area contributed by atoms with Crippen LogP contribution in [0.15, 0.2) is 24.3 Å². The van der Waals surface area contributed by atoms with E-state index in [2.05, 4.69) is 42.7 Å². The number of nitrogen functional groups attached to an aromatic ring is 1. The Bertz CT molecular complexity index is 566. The summed E-state index contributed by atoms with van der Waals surface area (Å²) in [6.45, 7) is 5.33. The summed E-state index contributed by atoms with van der Waals surface area (Å²) in [5, 5.41) is 0. The molecule has 2 aromatic rings. The predicted molar refractivity (Wildman–Crippen MR) is 74.5 cm³/mol. The normalized spacial score (nSPS) is 18.7. The molecule has 0 saturated carbocycles. The van der Waals surface area contributed by atoms with Gasteiger partial charge in [0.05, 0.1) is 0 Å². The first kappa shape index (κ1) is 11.3. The van der Waals surface area contributed by atoms with Crippen LogP contribution >= 0.6 is 0 Å². The van der Waals surface area contributed by atoms with E-state index in [1.807, 2.05) is 0 Å². The Morgan fingerprint density at radius 1 is 1.28 bits per heavy atom. The topological polar surface area (TPSA) is 43.8 Å². The molecule has 3 nitrogen and oxygen atoms in total. The van der Waals surface area contributed by atoms with Crippen molar-refractivity contribution in [3.05, 3.63) is 35.7 Å². The van der Waals surface area contributed by atoms with E-state index in [0.717, 1.165) is 29.4 Å². The molecule has 2 heterocycles. The molecule has 3 heteroatoms. The Labute approximate surface area is 108 Å². The lowest BCUT2D eigenvalue weighted by Gasteiger charge is -2.20. The maximum atomic E-state index is 6.26. The highest BCUT2D eigenvalue weighted by atomic mass is 15.2. The van der Waals surface area contributed by atoms with Gasteiger partial charge in [0.25, 0.3) is 0 Å². The first-order valence-corrected chi connectivity index (χ1v) is 6.59. The van der Waals surface area contributed by atoms with Crippen molar-refractivity contribution in [2.24, 2.45) is 0 Å². The third kappa shape index (κ3) is 1.70. The second kappa shape index (κ2) is 4.16. The van der Waals surface area contributed by atoms with Crippen molar-refractivity contribution in [3.8, 4) is 11.3 Å². The summed E-state index contributed by atoms with van der Waals surface area (Å²) < 4.78 is 2.18. The van der Waals surface area contributed by atoms with Crippen molar-refractivity contribution < 1.29 is 0 Å². The molecule has 18 heavy (non-hydrogen) atoms. The van der Waals surface area contributed by atoms with Crippen LogP contribution in [0.2, 0.25) is 0 Å². The minimum absolute atomic E-state index is 0.514. The van der Waals surface area contributed by atoms with E-state index in [1.165, 1.54) is 18.4 Å². The fourth-order valence-corrected chi connectivity index (χ4v) is 2.70. The van der Waals surface area contributed by atoms with Crippen molar-refractivity contribution in [2.75, 3.05) is 5.73 Å². The van der Waals surface area contributed by atoms with Crippen molar-refractivity contribution >= 4 is 5.82 Å². The number of nitrogens with two attached hydrogens (primary N) is 1. The summed E-state index contributed by atoms with van der Waals surface area (Å²) >= 11 is 0. The standard InChI is InChI=1S/C15H19N3/c1-10-5-7-12(8-6-10)13-14(16)18-9-3-4-11(2)15(18)17-13/h5-8,11H,3-4,9,16H2,1-2H3. The molecule has 0 aliphatic carbocycles. The Morgan fingerprint density at radius 2 is 2.00 bits per heavy atom. The molecule has 1 aliphatic heterocycles. The highest BCUT2D eigenvalue weighted by Crippen LogP contribution is 2.34. The minimum Gasteiger partial charge on any atom is -0.383 e. The third-order valence-electron chi connectivity index (χ3n) is 3.82. The van der Waals surface area contributed by atoms with Crippen molar-refractivity contribution in [1.29, 1.82) is 0 Å². The maximum Gasteiger partial charge on any atom is 0.131 e. The number of aromatic nitrogens is 2. The smallest absolute Gasteiger partial charge is 0.131 e. The number of anilines is 1. The number of nitrogens with zero attached hydrogens (tertiary/aromatic N) is 2. The number of benzene rings is 1. The number of fused-ring (bicyclic) bond motifs is 1. The molecule has 3 rings (SSSR count). The average Bonchev–Trinajstić information content (AvgIpc) is 2.70. The van der Waals surface area contributed by atoms with Gasteiger partial charge in [0.1, 0.15) is 17.3 Å². The molecule has 0 saturated heterocycles. The number of hydrogen-bond acceptors (Lipinski definition) is 2. The summed E-state index contributed by atoms with van der Waals surface area (Å²) in [6, 6.07) is 8.42. The van der Waals surface area contributed by atoms with Gasteiger partial charge in [0.2, 0.25) is 0 Å². The van der Waals surface area contributed by atoms with Gasteiger partial charge in [-0.1, -0.05) is 36.8 Å². The summed E-state index contributed by atoms with van der Waals surface area (Å²) in [7, 11) is 0. The van der Waals surface area contributed by atoms with Crippen LogP contribution in [0.4, 0.5) is 5.82 Å². The third-order valence-corrected chi connectivity index (χ3v) is 3.82. The van der Waals surface area contributed by atoms with Gasteiger partial charge >= 0.3 is 0 Å². The molecule has 0 spiro atoms. The largest absolute Gasteiger partial charge is 0.383 e. The highest BCUT2D eigenvalue weighted by molar-refractivity contribution is 5.71. The van der Waals surface area contributed by atoms with Gasteiger partial charge in [0.15, 0.2) is 0 Å². The Balaban J connectivity index is 2.10. The first-order valence-electron chi connectivity index (χ1n) is 6.59. The monoisotopic (exact) mass is 241 g/mol. The summed E-state index contributed by atoms with van der Waals surface area (Å²) in [5.41, 5.74) is 9.58. The number of hydrogen-bond donors (Lipinski definition) is 1. The molecule has 0 amide bonds. The van der Waals surface area contributed by atoms with E-state index in [4.69, 9.17) is 10.7 Å². The number of imidazole rings is 1. The summed E-state index contributed by atoms with van der Waals surface area (Å²) in [6.07, 6.45) is 2.41. The van der Waals surface area contributed by atoms with Crippen LogP contribution in [0.25, 0.3) is 11.3 Å². The molecular formula is C15H19N3.